The van der Waals surface area contributed by atoms with E-state index in [9.17, 15) is 0 Å². The van der Waals surface area contributed by atoms with Crippen molar-refractivity contribution in [1.29, 1.82) is 0 Å². The van der Waals surface area contributed by atoms with E-state index in [4.69, 9.17) is 4.42 Å². The standard InChI is InChI=1S/C22H19NO/c1-3-6-14-9-10-16-18-12-17-15-7-4-5-8-19(15)23(2)20(17)13-22(18)24-21(16)11-14/h4-5,7-13H,3,6H2,1-2H3. The molecule has 0 saturated carbocycles. The molecule has 24 heavy (non-hydrogen) atoms. The molecule has 2 aromatic heterocycles. The first-order chi connectivity index (χ1) is 11.8. The number of para-hydroxylation sites is 1. The van der Waals surface area contributed by atoms with Gasteiger partial charge in [0.05, 0.1) is 5.52 Å². The Kier molecular flexibility index (Phi) is 2.78. The molecule has 5 aromatic rings. The minimum atomic E-state index is 0.969. The van der Waals surface area contributed by atoms with Gasteiger partial charge < -0.3 is 8.98 Å². The fourth-order valence-corrected chi connectivity index (χ4v) is 3.92. The lowest BCUT2D eigenvalue weighted by molar-refractivity contribution is 0.668. The van der Waals surface area contributed by atoms with Gasteiger partial charge in [0, 0.05) is 40.2 Å². The molecular formula is C22H19NO. The zero-order chi connectivity index (χ0) is 16.3. The molecule has 0 saturated heterocycles. The van der Waals surface area contributed by atoms with Gasteiger partial charge in [0.1, 0.15) is 11.2 Å². The lowest BCUT2D eigenvalue weighted by Gasteiger charge is -1.97. The van der Waals surface area contributed by atoms with Gasteiger partial charge in [-0.15, -0.1) is 0 Å². The Morgan fingerprint density at radius 3 is 2.50 bits per heavy atom. The van der Waals surface area contributed by atoms with Crippen LogP contribution in [0, 0.1) is 0 Å². The van der Waals surface area contributed by atoms with Gasteiger partial charge in [0.2, 0.25) is 0 Å². The summed E-state index contributed by atoms with van der Waals surface area (Å²) >= 11 is 0. The first-order valence-corrected chi connectivity index (χ1v) is 8.58. The molecule has 118 valence electrons. The van der Waals surface area contributed by atoms with Crippen LogP contribution < -0.4 is 0 Å². The van der Waals surface area contributed by atoms with Gasteiger partial charge in [0.15, 0.2) is 0 Å². The second kappa shape index (κ2) is 4.88. The van der Waals surface area contributed by atoms with Crippen LogP contribution in [0.25, 0.3) is 43.7 Å². The maximum absolute atomic E-state index is 6.19. The van der Waals surface area contributed by atoms with Crippen molar-refractivity contribution in [2.24, 2.45) is 7.05 Å². The molecule has 5 rings (SSSR count). The van der Waals surface area contributed by atoms with Crippen LogP contribution in [0.3, 0.4) is 0 Å². The molecule has 0 unspecified atom stereocenters. The van der Waals surface area contributed by atoms with Crippen molar-refractivity contribution in [2.45, 2.75) is 19.8 Å². The summed E-state index contributed by atoms with van der Waals surface area (Å²) in [6.07, 6.45) is 2.25. The molecule has 0 radical (unpaired) electrons. The largest absolute Gasteiger partial charge is 0.456 e. The van der Waals surface area contributed by atoms with Gasteiger partial charge in [-0.05, 0) is 30.2 Å². The summed E-state index contributed by atoms with van der Waals surface area (Å²) in [6.45, 7) is 2.21. The number of hydrogen-bond donors (Lipinski definition) is 0. The van der Waals surface area contributed by atoms with Crippen molar-refractivity contribution in [1.82, 2.24) is 4.57 Å². The van der Waals surface area contributed by atoms with Crippen LogP contribution in [0.2, 0.25) is 0 Å². The Bertz CT molecular complexity index is 1220. The van der Waals surface area contributed by atoms with E-state index >= 15 is 0 Å². The topological polar surface area (TPSA) is 18.1 Å². The molecule has 0 fully saturated rings. The van der Waals surface area contributed by atoms with E-state index in [-0.39, 0.29) is 0 Å². The minimum Gasteiger partial charge on any atom is -0.456 e. The summed E-state index contributed by atoms with van der Waals surface area (Å²) in [5, 5.41) is 5.01. The van der Waals surface area contributed by atoms with Crippen LogP contribution >= 0.6 is 0 Å². The van der Waals surface area contributed by atoms with E-state index < -0.39 is 0 Å². The third-order valence-electron chi connectivity index (χ3n) is 5.11. The van der Waals surface area contributed by atoms with Gasteiger partial charge in [-0.2, -0.15) is 0 Å². The van der Waals surface area contributed by atoms with E-state index in [0.717, 1.165) is 24.0 Å². The van der Waals surface area contributed by atoms with Crippen molar-refractivity contribution in [3.63, 3.8) is 0 Å². The minimum absolute atomic E-state index is 0.969. The molecule has 0 aliphatic rings. The highest BCUT2D eigenvalue weighted by atomic mass is 16.3. The second-order valence-electron chi connectivity index (χ2n) is 6.62. The SMILES string of the molecule is CCCc1ccc2c(c1)oc1cc3c(cc12)c1ccccc1n3C. The fraction of sp³-hybridized carbons (Fsp3) is 0.182. The van der Waals surface area contributed by atoms with Crippen molar-refractivity contribution in [2.75, 3.05) is 0 Å². The average Bonchev–Trinajstić information content (AvgIpc) is 3.09. The first-order valence-electron chi connectivity index (χ1n) is 8.58. The van der Waals surface area contributed by atoms with Gasteiger partial charge in [-0.3, -0.25) is 0 Å². The number of rotatable bonds is 2. The third kappa shape index (κ3) is 1.77. The van der Waals surface area contributed by atoms with Crippen LogP contribution in [0.1, 0.15) is 18.9 Å². The molecular weight excluding hydrogens is 294 g/mol. The van der Waals surface area contributed by atoms with E-state index in [1.54, 1.807) is 0 Å². The van der Waals surface area contributed by atoms with Gasteiger partial charge >= 0.3 is 0 Å². The Morgan fingerprint density at radius 2 is 1.62 bits per heavy atom. The van der Waals surface area contributed by atoms with Crippen molar-refractivity contribution in [3.8, 4) is 0 Å². The van der Waals surface area contributed by atoms with Crippen LogP contribution in [0.4, 0.5) is 0 Å². The average molecular weight is 313 g/mol. The van der Waals surface area contributed by atoms with Crippen molar-refractivity contribution >= 4 is 43.7 Å². The summed E-state index contributed by atoms with van der Waals surface area (Å²) in [4.78, 5) is 0. The highest BCUT2D eigenvalue weighted by Gasteiger charge is 2.13. The van der Waals surface area contributed by atoms with E-state index in [1.807, 2.05) is 0 Å². The smallest absolute Gasteiger partial charge is 0.137 e. The molecule has 0 aliphatic carbocycles. The summed E-state index contributed by atoms with van der Waals surface area (Å²) in [5.74, 6) is 0. The molecule has 2 heteroatoms. The summed E-state index contributed by atoms with van der Waals surface area (Å²) in [6, 6.07) is 19.7. The maximum atomic E-state index is 6.19. The second-order valence-corrected chi connectivity index (χ2v) is 6.62. The van der Waals surface area contributed by atoms with Gasteiger partial charge in [-0.25, -0.2) is 0 Å². The zero-order valence-corrected chi connectivity index (χ0v) is 14.0. The van der Waals surface area contributed by atoms with E-state index in [0.29, 0.717) is 0 Å². The zero-order valence-electron chi connectivity index (χ0n) is 14.0. The van der Waals surface area contributed by atoms with Crippen LogP contribution in [0.5, 0.6) is 0 Å². The number of nitrogens with zero attached hydrogens (tertiary/aromatic N) is 1. The Labute approximate surface area is 140 Å². The molecule has 0 spiro atoms. The predicted molar refractivity (Wildman–Crippen MR) is 102 cm³/mol. The molecule has 3 aromatic carbocycles. The molecule has 0 N–H and O–H groups in total. The molecule has 2 nitrogen and oxygen atoms in total. The molecule has 2 heterocycles. The highest BCUT2D eigenvalue weighted by molar-refractivity contribution is 6.16. The van der Waals surface area contributed by atoms with Crippen molar-refractivity contribution < 1.29 is 4.42 Å². The predicted octanol–water partition coefficient (Wildman–Crippen LogP) is 6.18. The number of aryl methyl sites for hydroxylation is 2. The number of hydrogen-bond acceptors (Lipinski definition) is 1. The number of aromatic nitrogens is 1. The quantitative estimate of drug-likeness (QED) is 0.380. The van der Waals surface area contributed by atoms with E-state index in [1.165, 1.54) is 38.1 Å². The van der Waals surface area contributed by atoms with Crippen LogP contribution in [0.15, 0.2) is 59.0 Å². The van der Waals surface area contributed by atoms with Gasteiger partial charge in [-0.1, -0.05) is 43.7 Å². The molecule has 0 aliphatic heterocycles. The third-order valence-corrected chi connectivity index (χ3v) is 5.11. The van der Waals surface area contributed by atoms with Gasteiger partial charge in [0.25, 0.3) is 0 Å². The van der Waals surface area contributed by atoms with Crippen LogP contribution in [-0.2, 0) is 13.5 Å². The van der Waals surface area contributed by atoms with Crippen LogP contribution in [-0.4, -0.2) is 4.57 Å². The summed E-state index contributed by atoms with van der Waals surface area (Å²) < 4.78 is 8.44. The first kappa shape index (κ1) is 13.7. The number of benzene rings is 3. The Morgan fingerprint density at radius 1 is 0.792 bits per heavy atom. The number of furan rings is 1. The molecule has 0 bridgehead atoms. The van der Waals surface area contributed by atoms with E-state index in [2.05, 4.69) is 73.1 Å². The Hall–Kier alpha value is -2.74. The summed E-state index contributed by atoms with van der Waals surface area (Å²) in [7, 11) is 2.12. The monoisotopic (exact) mass is 313 g/mol. The lowest BCUT2D eigenvalue weighted by Crippen LogP contribution is -1.85. The highest BCUT2D eigenvalue weighted by Crippen LogP contribution is 2.36. The molecule has 0 amide bonds. The fourth-order valence-electron chi connectivity index (χ4n) is 3.92. The maximum Gasteiger partial charge on any atom is 0.137 e. The normalized spacial score (nSPS) is 12.1. The Balaban J connectivity index is 1.89. The van der Waals surface area contributed by atoms with Crippen molar-refractivity contribution in [3.05, 3.63) is 60.2 Å². The molecule has 0 atom stereocenters. The lowest BCUT2D eigenvalue weighted by atomic mass is 10.1. The summed E-state index contributed by atoms with van der Waals surface area (Å²) in [5.41, 5.74) is 5.79. The number of fused-ring (bicyclic) bond motifs is 6.